The molecule has 0 fully saturated rings. The van der Waals surface area contributed by atoms with Crippen molar-refractivity contribution in [2.45, 2.75) is 64.3 Å². The van der Waals surface area contributed by atoms with Gasteiger partial charge in [-0.3, -0.25) is 9.59 Å². The standard InChI is InChI=1S/C36H34ClFN6O5/c1-20(2)34-40-39-31-19-42(15-16-43(31)34)28-8-4-5-24-23(28)13-14-44(33(24)29(45)17-21-9-11-22(12-10-21)36(47)48)35(46)30-18-27(41-49-30)25-6-3-7-26(37)32(25)38/h3-12,20,30,33H,13-19H2,1-2H3,(H,47,48)/t30-,33-/m1/s1. The molecule has 13 heteroatoms. The maximum atomic E-state index is 14.8. The van der Waals surface area contributed by atoms with Crippen LogP contribution in [-0.2, 0) is 40.4 Å². The predicted octanol–water partition coefficient (Wildman–Crippen LogP) is 5.34. The van der Waals surface area contributed by atoms with Crippen molar-refractivity contribution in [3.05, 3.63) is 111 Å². The second-order valence-electron chi connectivity index (χ2n) is 12.8. The van der Waals surface area contributed by atoms with Crippen LogP contribution >= 0.6 is 11.6 Å². The summed E-state index contributed by atoms with van der Waals surface area (Å²) in [5.41, 5.74) is 3.84. The van der Waals surface area contributed by atoms with Crippen molar-refractivity contribution in [2.75, 3.05) is 18.0 Å². The molecule has 0 saturated carbocycles. The molecule has 0 aliphatic carbocycles. The fourth-order valence-electron chi connectivity index (χ4n) is 6.99. The summed E-state index contributed by atoms with van der Waals surface area (Å²) in [7, 11) is 0. The second-order valence-corrected chi connectivity index (χ2v) is 13.2. The minimum Gasteiger partial charge on any atom is -0.478 e. The van der Waals surface area contributed by atoms with Crippen LogP contribution in [0.15, 0.2) is 65.8 Å². The van der Waals surface area contributed by atoms with E-state index in [2.05, 4.69) is 38.7 Å². The number of halogens is 2. The van der Waals surface area contributed by atoms with Gasteiger partial charge in [0.15, 0.2) is 17.4 Å². The third kappa shape index (κ3) is 6.05. The Morgan fingerprint density at radius 3 is 2.55 bits per heavy atom. The summed E-state index contributed by atoms with van der Waals surface area (Å²) in [6.45, 7) is 6.47. The Labute approximate surface area is 286 Å². The number of rotatable bonds is 8. The van der Waals surface area contributed by atoms with E-state index in [0.717, 1.165) is 41.6 Å². The molecule has 0 bridgehead atoms. The van der Waals surface area contributed by atoms with E-state index in [9.17, 15) is 23.9 Å². The van der Waals surface area contributed by atoms with E-state index in [1.807, 2.05) is 18.2 Å². The summed E-state index contributed by atoms with van der Waals surface area (Å²) in [5, 5.41) is 22.2. The van der Waals surface area contributed by atoms with Crippen LogP contribution in [0.4, 0.5) is 10.1 Å². The number of carboxylic acids is 1. The lowest BCUT2D eigenvalue weighted by Crippen LogP contribution is -2.48. The summed E-state index contributed by atoms with van der Waals surface area (Å²) < 4.78 is 17.0. The van der Waals surface area contributed by atoms with Crippen LogP contribution in [0.2, 0.25) is 5.02 Å². The summed E-state index contributed by atoms with van der Waals surface area (Å²) in [6, 6.07) is 15.6. The molecule has 7 rings (SSSR count). The Hall–Kier alpha value is -5.10. The normalized spacial score (nSPS) is 18.5. The van der Waals surface area contributed by atoms with Gasteiger partial charge >= 0.3 is 5.97 Å². The Bertz CT molecular complexity index is 1990. The van der Waals surface area contributed by atoms with E-state index in [-0.39, 0.29) is 52.9 Å². The Balaban J connectivity index is 1.19. The number of aromatic nitrogens is 3. The van der Waals surface area contributed by atoms with Crippen LogP contribution in [0.3, 0.4) is 0 Å². The molecule has 3 aliphatic heterocycles. The number of nitrogens with zero attached hydrogens (tertiary/aromatic N) is 6. The minimum absolute atomic E-state index is 0.0177. The second kappa shape index (κ2) is 13.1. The lowest BCUT2D eigenvalue weighted by atomic mass is 9.86. The van der Waals surface area contributed by atoms with E-state index in [0.29, 0.717) is 18.5 Å². The number of fused-ring (bicyclic) bond motifs is 2. The van der Waals surface area contributed by atoms with Gasteiger partial charge in [0.2, 0.25) is 6.10 Å². The number of aromatic carboxylic acids is 1. The van der Waals surface area contributed by atoms with Gasteiger partial charge in [-0.25, -0.2) is 9.18 Å². The molecule has 1 N–H and O–H groups in total. The maximum absolute atomic E-state index is 14.8. The molecule has 3 aliphatic rings. The van der Waals surface area contributed by atoms with Gasteiger partial charge in [0.1, 0.15) is 11.9 Å². The zero-order valence-electron chi connectivity index (χ0n) is 27.0. The van der Waals surface area contributed by atoms with Crippen LogP contribution < -0.4 is 4.90 Å². The number of amides is 1. The van der Waals surface area contributed by atoms with E-state index >= 15 is 0 Å². The summed E-state index contributed by atoms with van der Waals surface area (Å²) >= 11 is 5.99. The number of Topliss-reactive ketones (excluding diaryl/α,β-unsaturated/α-hetero) is 1. The maximum Gasteiger partial charge on any atom is 0.335 e. The monoisotopic (exact) mass is 684 g/mol. The lowest BCUT2D eigenvalue weighted by Gasteiger charge is -2.40. The van der Waals surface area contributed by atoms with Gasteiger partial charge in [0.05, 0.1) is 22.8 Å². The Morgan fingerprint density at radius 1 is 1.02 bits per heavy atom. The molecular weight excluding hydrogens is 651 g/mol. The number of carbonyl (C=O) groups excluding carboxylic acids is 2. The molecule has 2 atom stereocenters. The smallest absolute Gasteiger partial charge is 0.335 e. The van der Waals surface area contributed by atoms with Gasteiger partial charge in [0, 0.05) is 49.6 Å². The number of oxime groups is 1. The van der Waals surface area contributed by atoms with Crippen molar-refractivity contribution in [3.63, 3.8) is 0 Å². The number of carboxylic acid groups (broad SMARTS) is 1. The first-order valence-corrected chi connectivity index (χ1v) is 16.6. The number of ketones is 1. The van der Waals surface area contributed by atoms with Crippen molar-refractivity contribution in [1.82, 2.24) is 19.7 Å². The fraction of sp³-hybridized carbons (Fsp3) is 0.333. The van der Waals surface area contributed by atoms with Gasteiger partial charge in [-0.1, -0.05) is 60.9 Å². The molecule has 4 heterocycles. The molecule has 1 amide bonds. The number of carbonyl (C=O) groups is 3. The van der Waals surface area contributed by atoms with Crippen molar-refractivity contribution in [1.29, 1.82) is 0 Å². The van der Waals surface area contributed by atoms with Crippen molar-refractivity contribution in [2.24, 2.45) is 5.16 Å². The number of benzene rings is 3. The molecule has 1 aromatic heterocycles. The fourth-order valence-corrected chi connectivity index (χ4v) is 7.16. The molecule has 0 saturated heterocycles. The highest BCUT2D eigenvalue weighted by Crippen LogP contribution is 2.39. The third-order valence-corrected chi connectivity index (χ3v) is 9.70. The van der Waals surface area contributed by atoms with Crippen molar-refractivity contribution >= 4 is 40.7 Å². The van der Waals surface area contributed by atoms with Gasteiger partial charge in [-0.05, 0) is 53.4 Å². The van der Waals surface area contributed by atoms with E-state index < -0.39 is 29.8 Å². The van der Waals surface area contributed by atoms with Gasteiger partial charge < -0.3 is 24.3 Å². The topological polar surface area (TPSA) is 130 Å². The molecule has 49 heavy (non-hydrogen) atoms. The summed E-state index contributed by atoms with van der Waals surface area (Å²) in [4.78, 5) is 49.2. The Kier molecular flexibility index (Phi) is 8.66. The van der Waals surface area contributed by atoms with Crippen LogP contribution in [0, 0.1) is 5.82 Å². The highest BCUT2D eigenvalue weighted by Gasteiger charge is 2.42. The predicted molar refractivity (Wildman–Crippen MR) is 179 cm³/mol. The first kappa shape index (κ1) is 32.4. The average Bonchev–Trinajstić information content (AvgIpc) is 3.76. The molecule has 0 unspecified atom stereocenters. The molecule has 4 aromatic rings. The Morgan fingerprint density at radius 2 is 1.80 bits per heavy atom. The van der Waals surface area contributed by atoms with Crippen molar-refractivity contribution in [3.8, 4) is 0 Å². The highest BCUT2D eigenvalue weighted by atomic mass is 35.5. The third-order valence-electron chi connectivity index (χ3n) is 9.41. The molecule has 3 aromatic carbocycles. The molecule has 11 nitrogen and oxygen atoms in total. The minimum atomic E-state index is -1.06. The van der Waals surface area contributed by atoms with E-state index in [1.54, 1.807) is 23.1 Å². The molecular formula is C36H34ClFN6O5. The van der Waals surface area contributed by atoms with Gasteiger partial charge in [-0.15, -0.1) is 10.2 Å². The van der Waals surface area contributed by atoms with Crippen LogP contribution in [0.1, 0.15) is 76.5 Å². The van der Waals surface area contributed by atoms with Crippen LogP contribution in [0.25, 0.3) is 0 Å². The van der Waals surface area contributed by atoms with Gasteiger partial charge in [0.25, 0.3) is 5.91 Å². The molecule has 252 valence electrons. The first-order chi connectivity index (χ1) is 23.6. The number of hydrogen-bond acceptors (Lipinski definition) is 8. The van der Waals surface area contributed by atoms with E-state index in [4.69, 9.17) is 16.4 Å². The van der Waals surface area contributed by atoms with Crippen molar-refractivity contribution < 1.29 is 28.7 Å². The van der Waals surface area contributed by atoms with E-state index in [1.165, 1.54) is 24.3 Å². The zero-order chi connectivity index (χ0) is 34.4. The first-order valence-electron chi connectivity index (χ1n) is 16.2. The van der Waals surface area contributed by atoms with Crippen LogP contribution in [-0.4, -0.2) is 67.3 Å². The highest BCUT2D eigenvalue weighted by molar-refractivity contribution is 6.31. The quantitative estimate of drug-likeness (QED) is 0.263. The summed E-state index contributed by atoms with van der Waals surface area (Å²) in [5.74, 6) is -0.266. The summed E-state index contributed by atoms with van der Waals surface area (Å²) in [6.07, 6.45) is -0.557. The zero-order valence-corrected chi connectivity index (χ0v) is 27.7. The van der Waals surface area contributed by atoms with Gasteiger partial charge in [-0.2, -0.15) is 0 Å². The lowest BCUT2D eigenvalue weighted by molar-refractivity contribution is -0.149. The number of anilines is 1. The SMILES string of the molecule is CC(C)c1nnc2n1CCN(c1cccc3c1CCN(C(=O)[C@H]1CC(c4cccc(Cl)c4F)=NO1)[C@H]3C(=O)Cc1ccc(C(=O)O)cc1)C2. The van der Waals surface area contributed by atoms with Crippen LogP contribution in [0.5, 0.6) is 0 Å². The number of hydrogen-bond donors (Lipinski definition) is 1. The molecule has 0 spiro atoms. The largest absolute Gasteiger partial charge is 0.478 e. The average molecular weight is 685 g/mol. The molecule has 0 radical (unpaired) electrons.